The number of hydrogen-bond acceptors (Lipinski definition) is 8. The summed E-state index contributed by atoms with van der Waals surface area (Å²) >= 11 is 0. The highest BCUT2D eigenvalue weighted by Gasteiger charge is 2.29. The van der Waals surface area contributed by atoms with Gasteiger partial charge in [-0.2, -0.15) is 0 Å². The van der Waals surface area contributed by atoms with Crippen molar-refractivity contribution in [1.82, 2.24) is 0 Å². The van der Waals surface area contributed by atoms with Crippen LogP contribution in [-0.4, -0.2) is 37.5 Å². The lowest BCUT2D eigenvalue weighted by Crippen LogP contribution is -2.12. The molecule has 3 aromatic carbocycles. The van der Waals surface area contributed by atoms with Crippen LogP contribution >= 0.6 is 0 Å². The molecular weight excluding hydrogens is 452 g/mol. The molecule has 0 unspecified atom stereocenters. The maximum atomic E-state index is 13.0. The van der Waals surface area contributed by atoms with Crippen molar-refractivity contribution in [3.8, 4) is 34.3 Å². The number of methoxy groups -OCH3 is 3. The van der Waals surface area contributed by atoms with Crippen molar-refractivity contribution in [2.24, 2.45) is 0 Å². The molecule has 0 aliphatic rings. The Bertz CT molecular complexity index is 1440. The molecule has 0 amide bonds. The van der Waals surface area contributed by atoms with Crippen LogP contribution in [0.15, 0.2) is 69.9 Å². The fraction of sp³-hybridized carbons (Fsp3) is 0.185. The van der Waals surface area contributed by atoms with E-state index in [9.17, 15) is 19.8 Å². The summed E-state index contributed by atoms with van der Waals surface area (Å²) in [5.41, 5.74) is 0.842. The fourth-order valence-corrected chi connectivity index (χ4v) is 4.11. The van der Waals surface area contributed by atoms with Crippen LogP contribution in [0.3, 0.4) is 0 Å². The van der Waals surface area contributed by atoms with Crippen LogP contribution in [0.1, 0.15) is 23.5 Å². The summed E-state index contributed by atoms with van der Waals surface area (Å²) in [6.07, 6.45) is -0.182. The lowest BCUT2D eigenvalue weighted by atomic mass is 9.86. The van der Waals surface area contributed by atoms with Gasteiger partial charge in [0.25, 0.3) is 0 Å². The Morgan fingerprint density at radius 3 is 2.29 bits per heavy atom. The van der Waals surface area contributed by atoms with Crippen LogP contribution in [0, 0.1) is 0 Å². The monoisotopic (exact) mass is 476 g/mol. The van der Waals surface area contributed by atoms with Crippen molar-refractivity contribution >= 4 is 16.9 Å². The van der Waals surface area contributed by atoms with Gasteiger partial charge >= 0.3 is 5.97 Å². The quantitative estimate of drug-likeness (QED) is 0.372. The molecule has 4 rings (SSSR count). The van der Waals surface area contributed by atoms with Gasteiger partial charge in [0.2, 0.25) is 0 Å². The van der Waals surface area contributed by atoms with Gasteiger partial charge in [-0.05, 0) is 17.7 Å². The zero-order chi connectivity index (χ0) is 25.1. The summed E-state index contributed by atoms with van der Waals surface area (Å²) < 4.78 is 21.7. The minimum Gasteiger partial charge on any atom is -0.507 e. The van der Waals surface area contributed by atoms with E-state index in [4.69, 9.17) is 18.6 Å². The van der Waals surface area contributed by atoms with E-state index in [0.29, 0.717) is 22.6 Å². The van der Waals surface area contributed by atoms with Crippen LogP contribution in [-0.2, 0) is 9.53 Å². The molecule has 4 aromatic rings. The van der Waals surface area contributed by atoms with Crippen LogP contribution in [0.25, 0.3) is 22.3 Å². The van der Waals surface area contributed by atoms with Crippen LogP contribution in [0.5, 0.6) is 23.0 Å². The molecule has 1 atom stereocenters. The Kier molecular flexibility index (Phi) is 6.64. The van der Waals surface area contributed by atoms with E-state index in [2.05, 4.69) is 0 Å². The van der Waals surface area contributed by atoms with Gasteiger partial charge in [0.15, 0.2) is 16.9 Å². The molecule has 0 aliphatic carbocycles. The number of rotatable bonds is 7. The highest BCUT2D eigenvalue weighted by atomic mass is 16.5. The van der Waals surface area contributed by atoms with E-state index in [-0.39, 0.29) is 34.5 Å². The standard InChI is InChI=1S/C27H24O8/c1-32-21-10-9-16(11-23(21)33-2)17(12-24(31)34-3)25-18(28)13-19(29)26-20(30)14-22(35-27(25)26)15-7-5-4-6-8-15/h4-11,13-14,17,28-29H,12H2,1-3H3/t17-/m1/s1. The third kappa shape index (κ3) is 4.50. The van der Waals surface area contributed by atoms with Gasteiger partial charge in [-0.25, -0.2) is 0 Å². The first kappa shape index (κ1) is 23.7. The largest absolute Gasteiger partial charge is 0.507 e. The normalized spacial score (nSPS) is 11.7. The Morgan fingerprint density at radius 1 is 0.914 bits per heavy atom. The van der Waals surface area contributed by atoms with Crippen LogP contribution in [0.4, 0.5) is 0 Å². The van der Waals surface area contributed by atoms with Crippen molar-refractivity contribution in [2.75, 3.05) is 21.3 Å². The summed E-state index contributed by atoms with van der Waals surface area (Å²) in [4.78, 5) is 25.5. The number of ether oxygens (including phenoxy) is 3. The number of hydrogen-bond donors (Lipinski definition) is 2. The molecule has 0 saturated carbocycles. The minimum absolute atomic E-state index is 0.0301. The van der Waals surface area contributed by atoms with Gasteiger partial charge in [0.05, 0.1) is 27.8 Å². The molecule has 0 spiro atoms. The average Bonchev–Trinajstić information content (AvgIpc) is 2.87. The predicted octanol–water partition coefficient (Wildman–Crippen LogP) is 4.58. The van der Waals surface area contributed by atoms with Crippen LogP contribution in [0.2, 0.25) is 0 Å². The van der Waals surface area contributed by atoms with Gasteiger partial charge in [0, 0.05) is 29.2 Å². The number of carbonyl (C=O) groups is 1. The second kappa shape index (κ2) is 9.80. The Balaban J connectivity index is 2.04. The zero-order valence-electron chi connectivity index (χ0n) is 19.4. The van der Waals surface area contributed by atoms with Crippen molar-refractivity contribution in [1.29, 1.82) is 0 Å². The molecule has 1 heterocycles. The third-order valence-electron chi connectivity index (χ3n) is 5.81. The number of aromatic hydroxyl groups is 2. The van der Waals surface area contributed by atoms with Gasteiger partial charge in [0.1, 0.15) is 28.2 Å². The van der Waals surface area contributed by atoms with E-state index in [1.165, 1.54) is 27.4 Å². The topological polar surface area (TPSA) is 115 Å². The van der Waals surface area contributed by atoms with Gasteiger partial charge in [-0.15, -0.1) is 0 Å². The molecule has 35 heavy (non-hydrogen) atoms. The minimum atomic E-state index is -0.806. The van der Waals surface area contributed by atoms with Crippen molar-refractivity contribution in [3.63, 3.8) is 0 Å². The SMILES string of the molecule is COC(=O)C[C@H](c1ccc(OC)c(OC)c1)c1c(O)cc(O)c2c(=O)cc(-c3ccccc3)oc12. The third-order valence-corrected chi connectivity index (χ3v) is 5.81. The Hall–Kier alpha value is -4.46. The average molecular weight is 476 g/mol. The van der Waals surface area contributed by atoms with E-state index in [0.717, 1.165) is 6.07 Å². The summed E-state index contributed by atoms with van der Waals surface area (Å²) in [7, 11) is 4.24. The maximum absolute atomic E-state index is 13.0. The highest BCUT2D eigenvalue weighted by molar-refractivity contribution is 5.90. The Morgan fingerprint density at radius 2 is 1.63 bits per heavy atom. The summed E-state index contributed by atoms with van der Waals surface area (Å²) in [5, 5.41) is 21.4. The molecule has 0 radical (unpaired) electrons. The zero-order valence-corrected chi connectivity index (χ0v) is 19.4. The summed E-state index contributed by atoms with van der Waals surface area (Å²) in [6.45, 7) is 0. The first-order valence-electron chi connectivity index (χ1n) is 10.7. The molecule has 8 heteroatoms. The van der Waals surface area contributed by atoms with E-state index in [1.807, 2.05) is 6.07 Å². The predicted molar refractivity (Wildman–Crippen MR) is 129 cm³/mol. The smallest absolute Gasteiger partial charge is 0.306 e. The molecule has 2 N–H and O–H groups in total. The van der Waals surface area contributed by atoms with E-state index in [1.54, 1.807) is 42.5 Å². The number of esters is 1. The number of phenols is 2. The lowest BCUT2D eigenvalue weighted by Gasteiger charge is -2.21. The first-order valence-corrected chi connectivity index (χ1v) is 10.7. The molecule has 180 valence electrons. The molecule has 0 aliphatic heterocycles. The number of phenolic OH excluding ortho intramolecular Hbond substituents is 2. The first-order chi connectivity index (χ1) is 16.9. The maximum Gasteiger partial charge on any atom is 0.306 e. The molecule has 1 aromatic heterocycles. The van der Waals surface area contributed by atoms with Gasteiger partial charge < -0.3 is 28.8 Å². The molecule has 0 saturated heterocycles. The van der Waals surface area contributed by atoms with E-state index < -0.39 is 23.1 Å². The summed E-state index contributed by atoms with van der Waals surface area (Å²) in [5.74, 6) is -0.990. The summed E-state index contributed by atoms with van der Waals surface area (Å²) in [6, 6.07) is 16.4. The second-order valence-corrected chi connectivity index (χ2v) is 7.82. The fourth-order valence-electron chi connectivity index (χ4n) is 4.11. The second-order valence-electron chi connectivity index (χ2n) is 7.82. The van der Waals surface area contributed by atoms with Crippen molar-refractivity contribution in [3.05, 3.63) is 82.0 Å². The molecular formula is C27H24O8. The number of carbonyl (C=O) groups excluding carboxylic acids is 1. The molecule has 0 bridgehead atoms. The lowest BCUT2D eigenvalue weighted by molar-refractivity contribution is -0.140. The van der Waals surface area contributed by atoms with Gasteiger partial charge in [-0.1, -0.05) is 36.4 Å². The van der Waals surface area contributed by atoms with Crippen LogP contribution < -0.4 is 14.9 Å². The highest BCUT2D eigenvalue weighted by Crippen LogP contribution is 2.44. The Labute approximate surface area is 200 Å². The van der Waals surface area contributed by atoms with E-state index >= 15 is 0 Å². The van der Waals surface area contributed by atoms with Gasteiger partial charge in [-0.3, -0.25) is 9.59 Å². The van der Waals surface area contributed by atoms with Crippen molar-refractivity contribution in [2.45, 2.75) is 12.3 Å². The number of fused-ring (bicyclic) bond motifs is 1. The van der Waals surface area contributed by atoms with Crippen molar-refractivity contribution < 1.29 is 33.6 Å². The molecule has 8 nitrogen and oxygen atoms in total. The molecule has 0 fully saturated rings. The number of benzene rings is 3.